The topological polar surface area (TPSA) is 93.2 Å². The minimum Gasteiger partial charge on any atom is -0.384 e. The maximum Gasteiger partial charge on any atom is 0.279 e. The Balaban J connectivity index is 1.98. The van der Waals surface area contributed by atoms with Gasteiger partial charge in [-0.1, -0.05) is 19.3 Å². The Kier molecular flexibility index (Phi) is 4.66. The van der Waals surface area contributed by atoms with Crippen molar-refractivity contribution in [2.75, 3.05) is 12.8 Å². The van der Waals surface area contributed by atoms with Gasteiger partial charge in [0.05, 0.1) is 6.20 Å². The van der Waals surface area contributed by atoms with Gasteiger partial charge in [0.2, 0.25) is 0 Å². The highest BCUT2D eigenvalue weighted by molar-refractivity contribution is 7.87. The van der Waals surface area contributed by atoms with Gasteiger partial charge in [-0.15, -0.1) is 0 Å². The van der Waals surface area contributed by atoms with Crippen LogP contribution in [0.15, 0.2) is 6.20 Å². The molecule has 20 heavy (non-hydrogen) atoms. The van der Waals surface area contributed by atoms with E-state index >= 15 is 0 Å². The van der Waals surface area contributed by atoms with Crippen LogP contribution < -0.4 is 10.5 Å². The van der Waals surface area contributed by atoms with Crippen LogP contribution in [0.1, 0.15) is 37.7 Å². The molecule has 0 aromatic carbocycles. The molecule has 2 rings (SSSR count). The Labute approximate surface area is 120 Å². The van der Waals surface area contributed by atoms with E-state index in [4.69, 9.17) is 5.73 Å². The van der Waals surface area contributed by atoms with Crippen LogP contribution in [0, 0.1) is 0 Å². The van der Waals surface area contributed by atoms with Crippen LogP contribution in [0.4, 0.5) is 5.82 Å². The highest BCUT2D eigenvalue weighted by atomic mass is 32.2. The van der Waals surface area contributed by atoms with Crippen LogP contribution in [0.25, 0.3) is 0 Å². The highest BCUT2D eigenvalue weighted by Crippen LogP contribution is 2.23. The number of rotatable bonds is 5. The zero-order chi connectivity index (χ0) is 14.8. The molecule has 0 amide bonds. The van der Waals surface area contributed by atoms with Crippen molar-refractivity contribution in [2.45, 2.75) is 44.7 Å². The van der Waals surface area contributed by atoms with Gasteiger partial charge in [0, 0.05) is 32.2 Å². The van der Waals surface area contributed by atoms with Gasteiger partial charge in [0.25, 0.3) is 10.2 Å². The van der Waals surface area contributed by atoms with Crippen molar-refractivity contribution >= 4 is 16.0 Å². The van der Waals surface area contributed by atoms with Gasteiger partial charge in [-0.05, 0) is 12.8 Å². The number of nitrogens with one attached hydrogen (secondary N) is 1. The second-order valence-corrected chi connectivity index (χ2v) is 7.13. The first-order chi connectivity index (χ1) is 9.42. The van der Waals surface area contributed by atoms with Crippen molar-refractivity contribution in [3.8, 4) is 0 Å². The number of nitrogen functional groups attached to an aromatic ring is 1. The summed E-state index contributed by atoms with van der Waals surface area (Å²) in [7, 11) is -0.107. The van der Waals surface area contributed by atoms with E-state index in [9.17, 15) is 8.42 Å². The molecular weight excluding hydrogens is 278 g/mol. The minimum absolute atomic E-state index is 0.104. The maximum atomic E-state index is 12.3. The number of aryl methyl sites for hydroxylation is 1. The Bertz CT molecular complexity index is 548. The molecule has 1 aliphatic rings. The van der Waals surface area contributed by atoms with Crippen LogP contribution >= 0.6 is 0 Å². The largest absolute Gasteiger partial charge is 0.384 e. The Hall–Kier alpha value is -1.12. The molecule has 0 atom stereocenters. The number of nitrogens with two attached hydrogens (primary N) is 1. The van der Waals surface area contributed by atoms with Crippen LogP contribution in [0.3, 0.4) is 0 Å². The molecule has 3 N–H and O–H groups in total. The minimum atomic E-state index is -3.47. The van der Waals surface area contributed by atoms with Gasteiger partial charge in [0.15, 0.2) is 0 Å². The van der Waals surface area contributed by atoms with Gasteiger partial charge < -0.3 is 5.73 Å². The SMILES string of the molecule is CN(C1CCCCC1)S(=O)(=O)NCc1cnn(C)c1N. The average Bonchev–Trinajstić information content (AvgIpc) is 2.77. The lowest BCUT2D eigenvalue weighted by Crippen LogP contribution is -2.44. The van der Waals surface area contributed by atoms with E-state index in [1.54, 1.807) is 20.3 Å². The normalized spacial score (nSPS) is 17.8. The van der Waals surface area contributed by atoms with E-state index in [0.29, 0.717) is 11.4 Å². The summed E-state index contributed by atoms with van der Waals surface area (Å²) < 4.78 is 30.1. The molecule has 0 unspecified atom stereocenters. The number of nitrogens with zero attached hydrogens (tertiary/aromatic N) is 3. The molecule has 1 fully saturated rings. The van der Waals surface area contributed by atoms with Gasteiger partial charge in [-0.3, -0.25) is 4.68 Å². The molecule has 0 spiro atoms. The van der Waals surface area contributed by atoms with E-state index in [0.717, 1.165) is 25.7 Å². The first kappa shape index (κ1) is 15.3. The molecule has 1 aromatic heterocycles. The van der Waals surface area contributed by atoms with Gasteiger partial charge in [0.1, 0.15) is 5.82 Å². The van der Waals surface area contributed by atoms with E-state index in [2.05, 4.69) is 9.82 Å². The monoisotopic (exact) mass is 301 g/mol. The second kappa shape index (κ2) is 6.11. The third-order valence-electron chi connectivity index (χ3n) is 3.98. The molecule has 114 valence electrons. The lowest BCUT2D eigenvalue weighted by atomic mass is 9.96. The predicted molar refractivity (Wildman–Crippen MR) is 78.0 cm³/mol. The molecule has 1 aliphatic carbocycles. The summed E-state index contributed by atoms with van der Waals surface area (Å²) in [6.45, 7) is 0.166. The third-order valence-corrected chi connectivity index (χ3v) is 5.54. The summed E-state index contributed by atoms with van der Waals surface area (Å²) in [5.74, 6) is 0.480. The number of hydrogen-bond donors (Lipinski definition) is 2. The molecule has 1 aromatic rings. The van der Waals surface area contributed by atoms with Crippen molar-refractivity contribution < 1.29 is 8.42 Å². The zero-order valence-electron chi connectivity index (χ0n) is 12.0. The number of hydrogen-bond acceptors (Lipinski definition) is 4. The van der Waals surface area contributed by atoms with E-state index in [1.807, 2.05) is 0 Å². The molecule has 0 saturated heterocycles. The standard InChI is InChI=1S/C12H23N5O2S/c1-16-12(13)10(8-14-16)9-15-20(18,19)17(2)11-6-4-3-5-7-11/h8,11,15H,3-7,9,13H2,1-2H3. The first-order valence-electron chi connectivity index (χ1n) is 6.91. The fraction of sp³-hybridized carbons (Fsp3) is 0.750. The average molecular weight is 301 g/mol. The lowest BCUT2D eigenvalue weighted by Gasteiger charge is -2.30. The summed E-state index contributed by atoms with van der Waals surface area (Å²) in [6, 6.07) is 0.104. The van der Waals surface area contributed by atoms with Gasteiger partial charge >= 0.3 is 0 Å². The van der Waals surface area contributed by atoms with Crippen molar-refractivity contribution in [3.05, 3.63) is 11.8 Å². The molecule has 7 nitrogen and oxygen atoms in total. The fourth-order valence-corrected chi connectivity index (χ4v) is 3.69. The van der Waals surface area contributed by atoms with Crippen LogP contribution in [-0.2, 0) is 23.8 Å². The van der Waals surface area contributed by atoms with Crippen LogP contribution in [0.2, 0.25) is 0 Å². The zero-order valence-corrected chi connectivity index (χ0v) is 12.9. The lowest BCUT2D eigenvalue weighted by molar-refractivity contribution is 0.283. The van der Waals surface area contributed by atoms with Crippen molar-refractivity contribution in [1.82, 2.24) is 18.8 Å². The highest BCUT2D eigenvalue weighted by Gasteiger charge is 2.27. The Morgan fingerprint density at radius 1 is 1.45 bits per heavy atom. The Morgan fingerprint density at radius 3 is 2.65 bits per heavy atom. The summed E-state index contributed by atoms with van der Waals surface area (Å²) in [5.41, 5.74) is 6.49. The first-order valence-corrected chi connectivity index (χ1v) is 8.35. The summed E-state index contributed by atoms with van der Waals surface area (Å²) >= 11 is 0. The third kappa shape index (κ3) is 3.31. The molecule has 0 bridgehead atoms. The smallest absolute Gasteiger partial charge is 0.279 e. The van der Waals surface area contributed by atoms with Crippen molar-refractivity contribution in [2.24, 2.45) is 7.05 Å². The second-order valence-electron chi connectivity index (χ2n) is 5.31. The van der Waals surface area contributed by atoms with Crippen LogP contribution in [0.5, 0.6) is 0 Å². The van der Waals surface area contributed by atoms with Crippen molar-refractivity contribution in [1.29, 1.82) is 0 Å². The molecular formula is C12H23N5O2S. The van der Waals surface area contributed by atoms with Gasteiger partial charge in [-0.25, -0.2) is 0 Å². The van der Waals surface area contributed by atoms with Gasteiger partial charge in [-0.2, -0.15) is 22.5 Å². The van der Waals surface area contributed by atoms with Crippen LogP contribution in [-0.4, -0.2) is 35.6 Å². The van der Waals surface area contributed by atoms with E-state index < -0.39 is 10.2 Å². The molecule has 0 aliphatic heterocycles. The fourth-order valence-electron chi connectivity index (χ4n) is 2.54. The molecule has 0 radical (unpaired) electrons. The summed E-state index contributed by atoms with van der Waals surface area (Å²) in [6.07, 6.45) is 6.85. The summed E-state index contributed by atoms with van der Waals surface area (Å²) in [5, 5.41) is 3.99. The van der Waals surface area contributed by atoms with E-state index in [1.165, 1.54) is 15.4 Å². The molecule has 8 heteroatoms. The van der Waals surface area contributed by atoms with Crippen molar-refractivity contribution in [3.63, 3.8) is 0 Å². The Morgan fingerprint density at radius 2 is 2.10 bits per heavy atom. The maximum absolute atomic E-state index is 12.3. The number of anilines is 1. The number of aromatic nitrogens is 2. The quantitative estimate of drug-likeness (QED) is 0.833. The molecule has 1 saturated carbocycles. The van der Waals surface area contributed by atoms with E-state index in [-0.39, 0.29) is 12.6 Å². The summed E-state index contributed by atoms with van der Waals surface area (Å²) in [4.78, 5) is 0. The molecule has 1 heterocycles. The predicted octanol–water partition coefficient (Wildman–Crippen LogP) is 0.601.